The Hall–Kier alpha value is -1.13. The number of carbonyl (C=O) groups is 1. The van der Waals surface area contributed by atoms with E-state index in [-0.39, 0.29) is 17.9 Å². The molecule has 1 aliphatic rings. The maximum atomic E-state index is 11.8. The molecule has 0 radical (unpaired) electrons. The van der Waals surface area contributed by atoms with E-state index in [2.05, 4.69) is 10.3 Å². The lowest BCUT2D eigenvalue weighted by Crippen LogP contribution is -2.36. The molecule has 1 fully saturated rings. The van der Waals surface area contributed by atoms with Crippen molar-refractivity contribution in [1.29, 1.82) is 0 Å². The summed E-state index contributed by atoms with van der Waals surface area (Å²) in [6.07, 6.45) is 2.24. The fraction of sp³-hybridized carbons (Fsp3) is 0.500. The fourth-order valence-corrected chi connectivity index (χ4v) is 2.04. The molecule has 17 heavy (non-hydrogen) atoms. The SMILES string of the molecule is CC1CCOC1C(=O)NCc1cc(Cl)ccn1. The molecule has 92 valence electrons. The van der Waals surface area contributed by atoms with Gasteiger partial charge in [0, 0.05) is 17.8 Å². The van der Waals surface area contributed by atoms with Crippen molar-refractivity contribution in [2.24, 2.45) is 5.92 Å². The zero-order valence-corrected chi connectivity index (χ0v) is 10.4. The summed E-state index contributed by atoms with van der Waals surface area (Å²) in [5, 5.41) is 3.43. The topological polar surface area (TPSA) is 51.2 Å². The first-order chi connectivity index (χ1) is 8.16. The van der Waals surface area contributed by atoms with Crippen LogP contribution in [0.3, 0.4) is 0 Å². The molecule has 1 amide bonds. The second-order valence-electron chi connectivity index (χ2n) is 4.24. The highest BCUT2D eigenvalue weighted by molar-refractivity contribution is 6.30. The third-order valence-electron chi connectivity index (χ3n) is 2.87. The maximum absolute atomic E-state index is 11.8. The van der Waals surface area contributed by atoms with Gasteiger partial charge in [0.05, 0.1) is 12.2 Å². The monoisotopic (exact) mass is 254 g/mol. The van der Waals surface area contributed by atoms with Gasteiger partial charge in [0.2, 0.25) is 5.91 Å². The molecule has 1 N–H and O–H groups in total. The smallest absolute Gasteiger partial charge is 0.249 e. The van der Waals surface area contributed by atoms with Crippen LogP contribution >= 0.6 is 11.6 Å². The summed E-state index contributed by atoms with van der Waals surface area (Å²) >= 11 is 5.83. The van der Waals surface area contributed by atoms with E-state index in [1.807, 2.05) is 6.92 Å². The summed E-state index contributed by atoms with van der Waals surface area (Å²) in [7, 11) is 0. The van der Waals surface area contributed by atoms with Gasteiger partial charge >= 0.3 is 0 Å². The van der Waals surface area contributed by atoms with Crippen molar-refractivity contribution in [3.05, 3.63) is 29.0 Å². The molecule has 5 heteroatoms. The van der Waals surface area contributed by atoms with E-state index in [9.17, 15) is 4.79 Å². The maximum Gasteiger partial charge on any atom is 0.249 e. The third kappa shape index (κ3) is 3.17. The number of amides is 1. The number of hydrogen-bond donors (Lipinski definition) is 1. The Morgan fingerprint density at radius 1 is 1.71 bits per heavy atom. The normalized spacial score (nSPS) is 23.6. The number of rotatable bonds is 3. The van der Waals surface area contributed by atoms with Gasteiger partial charge in [-0.1, -0.05) is 18.5 Å². The van der Waals surface area contributed by atoms with Crippen LogP contribution < -0.4 is 5.32 Å². The molecular weight excluding hydrogens is 240 g/mol. The molecule has 0 bridgehead atoms. The van der Waals surface area contributed by atoms with E-state index in [1.54, 1.807) is 18.3 Å². The number of hydrogen-bond acceptors (Lipinski definition) is 3. The average Bonchev–Trinajstić information content (AvgIpc) is 2.72. The van der Waals surface area contributed by atoms with Crippen molar-refractivity contribution in [2.45, 2.75) is 26.0 Å². The first kappa shape index (κ1) is 12.3. The van der Waals surface area contributed by atoms with Gasteiger partial charge in [-0.3, -0.25) is 9.78 Å². The van der Waals surface area contributed by atoms with E-state index in [4.69, 9.17) is 16.3 Å². The van der Waals surface area contributed by atoms with Crippen LogP contribution in [0.2, 0.25) is 5.02 Å². The molecule has 0 saturated carbocycles. The van der Waals surface area contributed by atoms with E-state index in [1.165, 1.54) is 0 Å². The minimum absolute atomic E-state index is 0.0724. The van der Waals surface area contributed by atoms with Gasteiger partial charge in [-0.15, -0.1) is 0 Å². The molecule has 1 aliphatic heterocycles. The van der Waals surface area contributed by atoms with E-state index in [0.717, 1.165) is 12.1 Å². The summed E-state index contributed by atoms with van der Waals surface area (Å²) in [6.45, 7) is 3.07. The Kier molecular flexibility index (Phi) is 3.97. The Bertz CT molecular complexity index is 411. The van der Waals surface area contributed by atoms with Crippen molar-refractivity contribution in [3.63, 3.8) is 0 Å². The fourth-order valence-electron chi connectivity index (χ4n) is 1.85. The highest BCUT2D eigenvalue weighted by Gasteiger charge is 2.30. The molecular formula is C12H15ClN2O2. The molecule has 0 aliphatic carbocycles. The van der Waals surface area contributed by atoms with Crippen LogP contribution in [0.15, 0.2) is 18.3 Å². The quantitative estimate of drug-likeness (QED) is 0.895. The molecule has 1 saturated heterocycles. The molecule has 0 aromatic carbocycles. The first-order valence-electron chi connectivity index (χ1n) is 5.66. The molecule has 2 atom stereocenters. The number of nitrogens with zero attached hydrogens (tertiary/aromatic N) is 1. The van der Waals surface area contributed by atoms with Crippen LogP contribution in [0, 0.1) is 5.92 Å². The van der Waals surface area contributed by atoms with E-state index in [0.29, 0.717) is 18.2 Å². The van der Waals surface area contributed by atoms with Gasteiger partial charge in [0.25, 0.3) is 0 Å². The second-order valence-corrected chi connectivity index (χ2v) is 4.68. The summed E-state index contributed by atoms with van der Waals surface area (Å²) in [6, 6.07) is 3.44. The van der Waals surface area contributed by atoms with Crippen LogP contribution in [0.1, 0.15) is 19.0 Å². The van der Waals surface area contributed by atoms with Crippen LogP contribution in [-0.4, -0.2) is 23.6 Å². The molecule has 2 unspecified atom stereocenters. The molecule has 0 spiro atoms. The van der Waals surface area contributed by atoms with Gasteiger partial charge < -0.3 is 10.1 Å². The van der Waals surface area contributed by atoms with Gasteiger partial charge in [-0.05, 0) is 24.5 Å². The Balaban J connectivity index is 1.88. The van der Waals surface area contributed by atoms with Crippen LogP contribution in [0.5, 0.6) is 0 Å². The summed E-state index contributed by atoms with van der Waals surface area (Å²) in [4.78, 5) is 15.9. The van der Waals surface area contributed by atoms with Crippen molar-refractivity contribution in [3.8, 4) is 0 Å². The standard InChI is InChI=1S/C12H15ClN2O2/c1-8-3-5-17-11(8)12(16)15-7-10-6-9(13)2-4-14-10/h2,4,6,8,11H,3,5,7H2,1H3,(H,15,16). The molecule has 1 aromatic heterocycles. The predicted molar refractivity (Wildman–Crippen MR) is 64.6 cm³/mol. The van der Waals surface area contributed by atoms with Crippen LogP contribution in [0.25, 0.3) is 0 Å². The number of ether oxygens (including phenoxy) is 1. The summed E-state index contributed by atoms with van der Waals surface area (Å²) < 4.78 is 5.38. The number of carbonyl (C=O) groups excluding carboxylic acids is 1. The lowest BCUT2D eigenvalue weighted by molar-refractivity contribution is -0.131. The molecule has 2 heterocycles. The largest absolute Gasteiger partial charge is 0.368 e. The summed E-state index contributed by atoms with van der Waals surface area (Å²) in [5.41, 5.74) is 0.747. The third-order valence-corrected chi connectivity index (χ3v) is 3.10. The van der Waals surface area contributed by atoms with Gasteiger partial charge in [0.15, 0.2) is 0 Å². The van der Waals surface area contributed by atoms with Crippen molar-refractivity contribution >= 4 is 17.5 Å². The lowest BCUT2D eigenvalue weighted by atomic mass is 10.0. The lowest BCUT2D eigenvalue weighted by Gasteiger charge is -2.14. The van der Waals surface area contributed by atoms with Crippen molar-refractivity contribution < 1.29 is 9.53 Å². The zero-order valence-electron chi connectivity index (χ0n) is 9.65. The minimum Gasteiger partial charge on any atom is -0.368 e. The Morgan fingerprint density at radius 3 is 3.18 bits per heavy atom. The van der Waals surface area contributed by atoms with Crippen molar-refractivity contribution in [2.75, 3.05) is 6.61 Å². The number of pyridine rings is 1. The molecule has 2 rings (SSSR count). The van der Waals surface area contributed by atoms with E-state index < -0.39 is 0 Å². The summed E-state index contributed by atoms with van der Waals surface area (Å²) in [5.74, 6) is 0.207. The average molecular weight is 255 g/mol. The van der Waals surface area contributed by atoms with Crippen LogP contribution in [-0.2, 0) is 16.1 Å². The van der Waals surface area contributed by atoms with Crippen LogP contribution in [0.4, 0.5) is 0 Å². The first-order valence-corrected chi connectivity index (χ1v) is 6.04. The molecule has 4 nitrogen and oxygen atoms in total. The minimum atomic E-state index is -0.325. The number of nitrogens with one attached hydrogen (secondary N) is 1. The highest BCUT2D eigenvalue weighted by Crippen LogP contribution is 2.20. The van der Waals surface area contributed by atoms with Crippen molar-refractivity contribution in [1.82, 2.24) is 10.3 Å². The number of halogens is 1. The second kappa shape index (κ2) is 5.47. The zero-order chi connectivity index (χ0) is 12.3. The Labute approximate surface area is 105 Å². The van der Waals surface area contributed by atoms with Gasteiger partial charge in [-0.2, -0.15) is 0 Å². The van der Waals surface area contributed by atoms with Gasteiger partial charge in [0.1, 0.15) is 6.10 Å². The highest BCUT2D eigenvalue weighted by atomic mass is 35.5. The van der Waals surface area contributed by atoms with E-state index >= 15 is 0 Å². The van der Waals surface area contributed by atoms with Gasteiger partial charge in [-0.25, -0.2) is 0 Å². The Morgan fingerprint density at radius 2 is 2.53 bits per heavy atom. The predicted octanol–water partition coefficient (Wildman–Crippen LogP) is 1.78. The number of aromatic nitrogens is 1. The molecule has 1 aromatic rings.